The summed E-state index contributed by atoms with van der Waals surface area (Å²) in [5, 5.41) is -0.00620. The van der Waals surface area contributed by atoms with E-state index in [1.807, 2.05) is 18.2 Å². The molecule has 2 aromatic rings. The van der Waals surface area contributed by atoms with E-state index in [0.29, 0.717) is 0 Å². The summed E-state index contributed by atoms with van der Waals surface area (Å²) in [6.45, 7) is 4.23. The van der Waals surface area contributed by atoms with Crippen molar-refractivity contribution in [1.82, 2.24) is 0 Å². The number of benzene rings is 2. The molecular weight excluding hydrogens is 256 g/mol. The molecule has 0 aliphatic heterocycles. The normalized spacial score (nSPS) is 12.2. The van der Waals surface area contributed by atoms with Crippen LogP contribution in [0.2, 0.25) is 0 Å². The van der Waals surface area contributed by atoms with Gasteiger partial charge < -0.3 is 4.74 Å². The average Bonchev–Trinajstić information content (AvgIpc) is 2.38. The molecule has 19 heavy (non-hydrogen) atoms. The monoisotopic (exact) mass is 274 g/mol. The van der Waals surface area contributed by atoms with E-state index in [2.05, 4.69) is 38.1 Å². The van der Waals surface area contributed by atoms with E-state index in [0.717, 1.165) is 12.2 Å². The smallest absolute Gasteiger partial charge is 0.119 e. The summed E-state index contributed by atoms with van der Waals surface area (Å²) in [7, 11) is 1.68. The van der Waals surface area contributed by atoms with Gasteiger partial charge in [-0.25, -0.2) is 0 Å². The van der Waals surface area contributed by atoms with E-state index in [9.17, 15) is 0 Å². The van der Waals surface area contributed by atoms with Gasteiger partial charge in [-0.3, -0.25) is 0 Å². The van der Waals surface area contributed by atoms with Crippen molar-refractivity contribution in [3.63, 3.8) is 0 Å². The molecule has 0 saturated carbocycles. The molecule has 0 bridgehead atoms. The average molecular weight is 275 g/mol. The summed E-state index contributed by atoms with van der Waals surface area (Å²) >= 11 is 6.61. The molecule has 0 aromatic heterocycles. The first kappa shape index (κ1) is 14.0. The van der Waals surface area contributed by atoms with Crippen LogP contribution in [0.1, 0.15) is 27.6 Å². The van der Waals surface area contributed by atoms with Crippen LogP contribution in [0.15, 0.2) is 42.5 Å². The molecule has 2 aromatic carbocycles. The van der Waals surface area contributed by atoms with Crippen LogP contribution in [-0.2, 0) is 6.42 Å². The van der Waals surface area contributed by atoms with E-state index in [-0.39, 0.29) is 5.38 Å². The minimum atomic E-state index is -0.00620. The molecule has 0 N–H and O–H groups in total. The molecule has 1 unspecified atom stereocenters. The van der Waals surface area contributed by atoms with Crippen molar-refractivity contribution < 1.29 is 4.74 Å². The molecule has 1 nitrogen and oxygen atoms in total. The second-order valence-electron chi connectivity index (χ2n) is 4.83. The number of hydrogen-bond acceptors (Lipinski definition) is 1. The van der Waals surface area contributed by atoms with Gasteiger partial charge in [0, 0.05) is 0 Å². The minimum absolute atomic E-state index is 0.00620. The van der Waals surface area contributed by atoms with Crippen LogP contribution in [0, 0.1) is 13.8 Å². The standard InChI is InChI=1S/C17H19ClO/c1-12-6-4-7-13(2)17(12)16(18)11-14-8-5-9-15(10-14)19-3/h4-10,16H,11H2,1-3H3. The van der Waals surface area contributed by atoms with E-state index >= 15 is 0 Å². The lowest BCUT2D eigenvalue weighted by Crippen LogP contribution is -2.01. The Bertz CT molecular complexity index is 543. The van der Waals surface area contributed by atoms with Crippen molar-refractivity contribution in [1.29, 1.82) is 0 Å². The fourth-order valence-corrected chi connectivity index (χ4v) is 2.95. The SMILES string of the molecule is COc1cccc(CC(Cl)c2c(C)cccc2C)c1. The van der Waals surface area contributed by atoms with Crippen molar-refractivity contribution in [2.75, 3.05) is 7.11 Å². The largest absolute Gasteiger partial charge is 0.497 e. The number of aryl methyl sites for hydroxylation is 2. The molecule has 0 amide bonds. The third kappa shape index (κ3) is 3.30. The van der Waals surface area contributed by atoms with Gasteiger partial charge in [0.2, 0.25) is 0 Å². The number of rotatable bonds is 4. The van der Waals surface area contributed by atoms with Gasteiger partial charge in [-0.15, -0.1) is 11.6 Å². The summed E-state index contributed by atoms with van der Waals surface area (Å²) in [6.07, 6.45) is 0.810. The van der Waals surface area contributed by atoms with Crippen molar-refractivity contribution in [2.24, 2.45) is 0 Å². The quantitative estimate of drug-likeness (QED) is 0.725. The Morgan fingerprint density at radius 1 is 1.05 bits per heavy atom. The van der Waals surface area contributed by atoms with Crippen LogP contribution in [0.5, 0.6) is 5.75 Å². The summed E-state index contributed by atoms with van der Waals surface area (Å²) in [6, 6.07) is 14.4. The first-order chi connectivity index (χ1) is 9.11. The predicted octanol–water partition coefficient (Wildman–Crippen LogP) is 4.83. The van der Waals surface area contributed by atoms with Crippen LogP contribution < -0.4 is 4.74 Å². The highest BCUT2D eigenvalue weighted by Gasteiger charge is 2.14. The summed E-state index contributed by atoms with van der Waals surface area (Å²) in [5.74, 6) is 0.878. The van der Waals surface area contributed by atoms with Crippen molar-refractivity contribution in [2.45, 2.75) is 25.6 Å². The third-order valence-electron chi connectivity index (χ3n) is 3.40. The maximum atomic E-state index is 6.61. The highest BCUT2D eigenvalue weighted by molar-refractivity contribution is 6.21. The molecule has 0 aliphatic rings. The molecule has 2 heteroatoms. The van der Waals surface area contributed by atoms with Crippen LogP contribution in [-0.4, -0.2) is 7.11 Å². The number of ether oxygens (including phenoxy) is 1. The zero-order chi connectivity index (χ0) is 13.8. The second kappa shape index (κ2) is 6.12. The van der Waals surface area contributed by atoms with Crippen LogP contribution in [0.25, 0.3) is 0 Å². The second-order valence-corrected chi connectivity index (χ2v) is 5.36. The van der Waals surface area contributed by atoms with E-state index < -0.39 is 0 Å². The lowest BCUT2D eigenvalue weighted by atomic mass is 9.96. The number of alkyl halides is 1. The Morgan fingerprint density at radius 2 is 1.68 bits per heavy atom. The van der Waals surface area contributed by atoms with Gasteiger partial charge in [0.15, 0.2) is 0 Å². The highest BCUT2D eigenvalue weighted by Crippen LogP contribution is 2.31. The van der Waals surface area contributed by atoms with Gasteiger partial charge in [0.1, 0.15) is 5.75 Å². The number of halogens is 1. The Hall–Kier alpha value is -1.47. The first-order valence-electron chi connectivity index (χ1n) is 6.45. The molecular formula is C17H19ClO. The fourth-order valence-electron chi connectivity index (χ4n) is 2.43. The van der Waals surface area contributed by atoms with Gasteiger partial charge in [-0.05, 0) is 54.7 Å². The molecule has 0 radical (unpaired) electrons. The molecule has 0 saturated heterocycles. The van der Waals surface area contributed by atoms with E-state index in [4.69, 9.17) is 16.3 Å². The van der Waals surface area contributed by atoms with Crippen molar-refractivity contribution in [3.05, 3.63) is 64.7 Å². The zero-order valence-electron chi connectivity index (χ0n) is 11.6. The lowest BCUT2D eigenvalue weighted by molar-refractivity contribution is 0.414. The Morgan fingerprint density at radius 3 is 2.32 bits per heavy atom. The van der Waals surface area contributed by atoms with Crippen LogP contribution >= 0.6 is 11.6 Å². The molecule has 1 atom stereocenters. The van der Waals surface area contributed by atoms with E-state index in [1.54, 1.807) is 7.11 Å². The van der Waals surface area contributed by atoms with Gasteiger partial charge in [-0.2, -0.15) is 0 Å². The fraction of sp³-hybridized carbons (Fsp3) is 0.294. The first-order valence-corrected chi connectivity index (χ1v) is 6.88. The lowest BCUT2D eigenvalue weighted by Gasteiger charge is -2.16. The van der Waals surface area contributed by atoms with Crippen molar-refractivity contribution in [3.8, 4) is 5.75 Å². The van der Waals surface area contributed by atoms with Gasteiger partial charge in [-0.1, -0.05) is 30.3 Å². The Kier molecular flexibility index (Phi) is 4.49. The highest BCUT2D eigenvalue weighted by atomic mass is 35.5. The molecule has 0 fully saturated rings. The third-order valence-corrected chi connectivity index (χ3v) is 3.78. The summed E-state index contributed by atoms with van der Waals surface area (Å²) in [5.41, 5.74) is 4.94. The minimum Gasteiger partial charge on any atom is -0.497 e. The van der Waals surface area contributed by atoms with Crippen LogP contribution in [0.3, 0.4) is 0 Å². The molecule has 0 aliphatic carbocycles. The summed E-state index contributed by atoms with van der Waals surface area (Å²) < 4.78 is 5.25. The van der Waals surface area contributed by atoms with Gasteiger partial charge in [0.05, 0.1) is 12.5 Å². The van der Waals surface area contributed by atoms with E-state index in [1.165, 1.54) is 22.3 Å². The maximum Gasteiger partial charge on any atom is 0.119 e. The molecule has 100 valence electrons. The zero-order valence-corrected chi connectivity index (χ0v) is 12.4. The molecule has 2 rings (SSSR count). The van der Waals surface area contributed by atoms with Gasteiger partial charge in [0.25, 0.3) is 0 Å². The molecule has 0 spiro atoms. The topological polar surface area (TPSA) is 9.23 Å². The van der Waals surface area contributed by atoms with Gasteiger partial charge >= 0.3 is 0 Å². The Balaban J connectivity index is 2.23. The molecule has 0 heterocycles. The number of hydrogen-bond donors (Lipinski definition) is 0. The van der Waals surface area contributed by atoms with Crippen molar-refractivity contribution >= 4 is 11.6 Å². The number of methoxy groups -OCH3 is 1. The maximum absolute atomic E-state index is 6.61. The van der Waals surface area contributed by atoms with Crippen LogP contribution in [0.4, 0.5) is 0 Å². The Labute approximate surface area is 120 Å². The summed E-state index contributed by atoms with van der Waals surface area (Å²) in [4.78, 5) is 0. The predicted molar refractivity (Wildman–Crippen MR) is 81.2 cm³/mol.